The number of carboxylic acids is 1. The number of hydrogen-bond donors (Lipinski definition) is 3. The molecule has 3 N–H and O–H groups in total. The highest BCUT2D eigenvalue weighted by molar-refractivity contribution is 9.10. The van der Waals surface area contributed by atoms with Crippen molar-refractivity contribution in [3.05, 3.63) is 27.7 Å². The van der Waals surface area contributed by atoms with Crippen molar-refractivity contribution < 1.29 is 28.2 Å². The number of ether oxygens (including phenoxy) is 1. The zero-order valence-electron chi connectivity index (χ0n) is 11.5. The first-order valence-corrected chi connectivity index (χ1v) is 8.16. The van der Waals surface area contributed by atoms with Gasteiger partial charge >= 0.3 is 5.97 Å². The molecule has 0 heterocycles. The Morgan fingerprint density at radius 2 is 2.10 bits per heavy atom. The molecule has 1 unspecified atom stereocenters. The highest BCUT2D eigenvalue weighted by atomic mass is 79.9. The standard InChI is InChI=1S/C12H16BrNO6S/c1-7-3-8(12(16)17)4-10(11(7)13)21(18,19)14-5-9(15)6-20-2/h3-4,9,14-15H,5-6H2,1-2H3,(H,16,17). The quantitative estimate of drug-likeness (QED) is 0.641. The van der Waals surface area contributed by atoms with E-state index in [2.05, 4.69) is 20.7 Å². The van der Waals surface area contributed by atoms with E-state index in [1.807, 2.05) is 0 Å². The number of carbonyl (C=O) groups is 1. The summed E-state index contributed by atoms with van der Waals surface area (Å²) in [6, 6.07) is 2.43. The molecule has 0 saturated heterocycles. The molecule has 0 fully saturated rings. The molecule has 0 spiro atoms. The maximum atomic E-state index is 12.2. The van der Waals surface area contributed by atoms with Crippen molar-refractivity contribution in [1.82, 2.24) is 4.72 Å². The van der Waals surface area contributed by atoms with E-state index >= 15 is 0 Å². The van der Waals surface area contributed by atoms with E-state index in [1.165, 1.54) is 13.2 Å². The van der Waals surface area contributed by atoms with Crippen LogP contribution >= 0.6 is 15.9 Å². The molecule has 118 valence electrons. The number of sulfonamides is 1. The molecule has 0 radical (unpaired) electrons. The van der Waals surface area contributed by atoms with Crippen molar-refractivity contribution >= 4 is 31.9 Å². The summed E-state index contributed by atoms with van der Waals surface area (Å²) in [7, 11) is -2.58. The average Bonchev–Trinajstić information content (AvgIpc) is 2.39. The number of methoxy groups -OCH3 is 1. The van der Waals surface area contributed by atoms with Crippen LogP contribution in [0.15, 0.2) is 21.5 Å². The lowest BCUT2D eigenvalue weighted by Crippen LogP contribution is -2.34. The second kappa shape index (κ2) is 7.32. The number of rotatable bonds is 7. The Morgan fingerprint density at radius 1 is 1.48 bits per heavy atom. The molecule has 9 heteroatoms. The van der Waals surface area contributed by atoms with Crippen LogP contribution in [0.3, 0.4) is 0 Å². The maximum Gasteiger partial charge on any atom is 0.335 e. The summed E-state index contributed by atoms with van der Waals surface area (Å²) < 4.78 is 31.6. The van der Waals surface area contributed by atoms with Gasteiger partial charge in [-0.1, -0.05) is 0 Å². The van der Waals surface area contributed by atoms with Gasteiger partial charge in [-0.3, -0.25) is 0 Å². The molecular formula is C12H16BrNO6S. The summed E-state index contributed by atoms with van der Waals surface area (Å²) in [6.45, 7) is 1.34. The molecule has 0 saturated carbocycles. The molecular weight excluding hydrogens is 366 g/mol. The van der Waals surface area contributed by atoms with Gasteiger partial charge in [0.1, 0.15) is 0 Å². The molecule has 21 heavy (non-hydrogen) atoms. The van der Waals surface area contributed by atoms with Crippen molar-refractivity contribution in [3.8, 4) is 0 Å². The number of aryl methyl sites for hydroxylation is 1. The fraction of sp³-hybridized carbons (Fsp3) is 0.417. The number of carboxylic acid groups (broad SMARTS) is 1. The Labute approximate surface area is 131 Å². The lowest BCUT2D eigenvalue weighted by Gasteiger charge is -2.13. The number of hydrogen-bond acceptors (Lipinski definition) is 5. The molecule has 0 amide bonds. The van der Waals surface area contributed by atoms with Crippen LogP contribution in [0.1, 0.15) is 15.9 Å². The first-order chi connectivity index (χ1) is 9.69. The Balaban J connectivity index is 3.10. The summed E-state index contributed by atoms with van der Waals surface area (Å²) in [6.07, 6.45) is -0.993. The van der Waals surface area contributed by atoms with E-state index < -0.39 is 22.1 Å². The van der Waals surface area contributed by atoms with Gasteiger partial charge < -0.3 is 14.9 Å². The van der Waals surface area contributed by atoms with Crippen molar-refractivity contribution in [2.75, 3.05) is 20.3 Å². The first-order valence-electron chi connectivity index (χ1n) is 5.89. The number of aliphatic hydroxyl groups is 1. The second-order valence-corrected chi connectivity index (χ2v) is 6.90. The van der Waals surface area contributed by atoms with Crippen molar-refractivity contribution in [1.29, 1.82) is 0 Å². The average molecular weight is 382 g/mol. The smallest absolute Gasteiger partial charge is 0.335 e. The molecule has 1 aromatic carbocycles. The summed E-state index contributed by atoms with van der Waals surface area (Å²) in [4.78, 5) is 10.8. The lowest BCUT2D eigenvalue weighted by atomic mass is 10.1. The molecule has 0 aliphatic heterocycles. The zero-order valence-corrected chi connectivity index (χ0v) is 13.9. The molecule has 0 aliphatic rings. The van der Waals surface area contributed by atoms with Crippen molar-refractivity contribution in [2.24, 2.45) is 0 Å². The van der Waals surface area contributed by atoms with Gasteiger partial charge in [-0.15, -0.1) is 0 Å². The summed E-state index contributed by atoms with van der Waals surface area (Å²) in [5.41, 5.74) is 0.348. The lowest BCUT2D eigenvalue weighted by molar-refractivity contribution is 0.0678. The Bertz CT molecular complexity index is 631. The van der Waals surface area contributed by atoms with Crippen LogP contribution in [0.5, 0.6) is 0 Å². The van der Waals surface area contributed by atoms with E-state index in [1.54, 1.807) is 6.92 Å². The second-order valence-electron chi connectivity index (χ2n) is 4.37. The Morgan fingerprint density at radius 3 is 2.62 bits per heavy atom. The zero-order chi connectivity index (χ0) is 16.2. The van der Waals surface area contributed by atoms with Gasteiger partial charge in [0.25, 0.3) is 0 Å². The third kappa shape index (κ3) is 4.75. The van der Waals surface area contributed by atoms with Gasteiger partial charge in [-0.25, -0.2) is 17.9 Å². The normalized spacial score (nSPS) is 13.1. The SMILES string of the molecule is COCC(O)CNS(=O)(=O)c1cc(C(=O)O)cc(C)c1Br. The molecule has 1 aromatic rings. The molecule has 1 atom stereocenters. The predicted octanol–water partition coefficient (Wildman–Crippen LogP) is 0.741. The third-order valence-electron chi connectivity index (χ3n) is 2.63. The van der Waals surface area contributed by atoms with Crippen LogP contribution in [0.2, 0.25) is 0 Å². The van der Waals surface area contributed by atoms with Gasteiger partial charge in [0, 0.05) is 18.1 Å². The maximum absolute atomic E-state index is 12.2. The fourth-order valence-corrected chi connectivity index (χ4v) is 3.71. The molecule has 0 aliphatic carbocycles. The monoisotopic (exact) mass is 381 g/mol. The number of nitrogens with one attached hydrogen (secondary N) is 1. The van der Waals surface area contributed by atoms with Gasteiger partial charge in [0.15, 0.2) is 0 Å². The number of aromatic carboxylic acids is 1. The van der Waals surface area contributed by atoms with Crippen LogP contribution in [-0.4, -0.2) is 51.0 Å². The van der Waals surface area contributed by atoms with Crippen LogP contribution < -0.4 is 4.72 Å². The van der Waals surface area contributed by atoms with E-state index in [-0.39, 0.29) is 28.1 Å². The summed E-state index contributed by atoms with van der Waals surface area (Å²) in [5, 5.41) is 18.5. The third-order valence-corrected chi connectivity index (χ3v) is 5.39. The number of aliphatic hydroxyl groups excluding tert-OH is 1. The summed E-state index contributed by atoms with van der Waals surface area (Å²) in [5.74, 6) is -1.22. The van der Waals surface area contributed by atoms with Crippen LogP contribution in [-0.2, 0) is 14.8 Å². The highest BCUT2D eigenvalue weighted by Gasteiger charge is 2.22. The van der Waals surface area contributed by atoms with Gasteiger partial charge in [0.2, 0.25) is 10.0 Å². The van der Waals surface area contributed by atoms with E-state index in [0.717, 1.165) is 6.07 Å². The van der Waals surface area contributed by atoms with Gasteiger partial charge in [-0.2, -0.15) is 0 Å². The Hall–Kier alpha value is -1.00. The minimum Gasteiger partial charge on any atom is -0.478 e. The predicted molar refractivity (Wildman–Crippen MR) is 78.9 cm³/mol. The fourth-order valence-electron chi connectivity index (χ4n) is 1.59. The van der Waals surface area contributed by atoms with E-state index in [9.17, 15) is 18.3 Å². The molecule has 1 rings (SSSR count). The van der Waals surface area contributed by atoms with Crippen molar-refractivity contribution in [2.45, 2.75) is 17.9 Å². The highest BCUT2D eigenvalue weighted by Crippen LogP contribution is 2.27. The minimum atomic E-state index is -3.96. The van der Waals surface area contributed by atoms with E-state index in [4.69, 9.17) is 9.84 Å². The molecule has 0 bridgehead atoms. The number of benzene rings is 1. The topological polar surface area (TPSA) is 113 Å². The van der Waals surface area contributed by atoms with Crippen LogP contribution in [0.25, 0.3) is 0 Å². The number of halogens is 1. The van der Waals surface area contributed by atoms with E-state index in [0.29, 0.717) is 5.56 Å². The molecule has 0 aromatic heterocycles. The Kier molecular flexibility index (Phi) is 6.29. The van der Waals surface area contributed by atoms with Gasteiger partial charge in [-0.05, 0) is 40.5 Å². The molecule has 7 nitrogen and oxygen atoms in total. The van der Waals surface area contributed by atoms with Gasteiger partial charge in [0.05, 0.1) is 23.2 Å². The summed E-state index contributed by atoms with van der Waals surface area (Å²) >= 11 is 3.14. The minimum absolute atomic E-state index is 0.0160. The van der Waals surface area contributed by atoms with Crippen molar-refractivity contribution in [3.63, 3.8) is 0 Å². The van der Waals surface area contributed by atoms with Crippen LogP contribution in [0.4, 0.5) is 0 Å². The largest absolute Gasteiger partial charge is 0.478 e. The first kappa shape index (κ1) is 18.1. The van der Waals surface area contributed by atoms with Crippen LogP contribution in [0, 0.1) is 6.92 Å².